The third-order valence-electron chi connectivity index (χ3n) is 7.36. The van der Waals surface area contributed by atoms with Gasteiger partial charge in [0.2, 0.25) is 11.8 Å². The van der Waals surface area contributed by atoms with Crippen molar-refractivity contribution in [1.29, 1.82) is 0 Å². The number of amides is 2. The molecule has 42 heavy (non-hydrogen) atoms. The van der Waals surface area contributed by atoms with Crippen LogP contribution in [0.1, 0.15) is 96.5 Å². The second-order valence-electron chi connectivity index (χ2n) is 13.2. The maximum Gasteiger partial charge on any atom is 0.309 e. The Bertz CT molecular complexity index is 1170. The minimum Gasteiger partial charge on any atom is -0.460 e. The van der Waals surface area contributed by atoms with Gasteiger partial charge in [-0.3, -0.25) is 19.2 Å². The van der Waals surface area contributed by atoms with Crippen LogP contribution in [0.5, 0.6) is 0 Å². The Morgan fingerprint density at radius 3 is 1.88 bits per heavy atom. The molecule has 0 bridgehead atoms. The zero-order valence-corrected chi connectivity index (χ0v) is 26.7. The molecular formula is C35H50N2O5. The van der Waals surface area contributed by atoms with Crippen molar-refractivity contribution in [1.82, 2.24) is 10.6 Å². The number of unbranched alkanes of at least 4 members (excludes halogenated alkanes) is 1. The summed E-state index contributed by atoms with van der Waals surface area (Å²) in [5.74, 6) is -1.65. The number of carbonyl (C=O) groups excluding carboxylic acids is 4. The van der Waals surface area contributed by atoms with Crippen LogP contribution >= 0.6 is 0 Å². The van der Waals surface area contributed by atoms with Crippen LogP contribution in [0.4, 0.5) is 0 Å². The number of ether oxygens (including phenoxy) is 1. The van der Waals surface area contributed by atoms with Crippen molar-refractivity contribution in [3.05, 3.63) is 59.7 Å². The highest BCUT2D eigenvalue weighted by Crippen LogP contribution is 2.28. The molecule has 3 atom stereocenters. The number of likely N-dealkylation sites (N-methyl/N-ethyl adjacent to an activating group) is 1. The number of hydrogen-bond donors (Lipinski definition) is 2. The Labute approximate surface area is 252 Å². The van der Waals surface area contributed by atoms with Gasteiger partial charge in [0.05, 0.1) is 5.92 Å². The molecule has 0 radical (unpaired) electrons. The minimum atomic E-state index is -0.710. The Morgan fingerprint density at radius 2 is 1.40 bits per heavy atom. The van der Waals surface area contributed by atoms with Crippen molar-refractivity contribution in [2.24, 2.45) is 17.3 Å². The van der Waals surface area contributed by atoms with Gasteiger partial charge in [0.1, 0.15) is 17.9 Å². The van der Waals surface area contributed by atoms with E-state index in [9.17, 15) is 19.2 Å². The van der Waals surface area contributed by atoms with E-state index in [1.807, 2.05) is 77.9 Å². The minimum absolute atomic E-state index is 0.226. The number of rotatable bonds is 14. The fourth-order valence-electron chi connectivity index (χ4n) is 4.91. The van der Waals surface area contributed by atoms with Gasteiger partial charge >= 0.3 is 5.97 Å². The van der Waals surface area contributed by atoms with Crippen LogP contribution in [0.25, 0.3) is 11.1 Å². The number of benzene rings is 2. The molecule has 0 aliphatic carbocycles. The van der Waals surface area contributed by atoms with Crippen molar-refractivity contribution in [3.63, 3.8) is 0 Å². The molecule has 230 valence electrons. The molecule has 2 N–H and O–H groups in total. The Hall–Kier alpha value is -3.48. The van der Waals surface area contributed by atoms with E-state index >= 15 is 0 Å². The lowest BCUT2D eigenvalue weighted by atomic mass is 9.83. The first kappa shape index (κ1) is 34.7. The van der Waals surface area contributed by atoms with Crippen molar-refractivity contribution in [3.8, 4) is 11.1 Å². The first-order chi connectivity index (χ1) is 19.7. The first-order valence-corrected chi connectivity index (χ1v) is 15.1. The van der Waals surface area contributed by atoms with Gasteiger partial charge in [-0.05, 0) is 68.6 Å². The van der Waals surface area contributed by atoms with E-state index in [1.165, 1.54) is 0 Å². The van der Waals surface area contributed by atoms with Gasteiger partial charge in [-0.2, -0.15) is 0 Å². The van der Waals surface area contributed by atoms with Crippen molar-refractivity contribution in [2.75, 3.05) is 7.05 Å². The van der Waals surface area contributed by atoms with Crippen LogP contribution in [0.3, 0.4) is 0 Å². The lowest BCUT2D eigenvalue weighted by Gasteiger charge is -2.32. The Balaban J connectivity index is 2.29. The summed E-state index contributed by atoms with van der Waals surface area (Å²) in [4.78, 5) is 50.7. The summed E-state index contributed by atoms with van der Waals surface area (Å²) < 4.78 is 5.75. The molecule has 0 aliphatic heterocycles. The normalized spacial score (nSPS) is 13.9. The average molecular weight is 579 g/mol. The molecule has 7 heteroatoms. The van der Waals surface area contributed by atoms with E-state index in [0.29, 0.717) is 31.2 Å². The maximum absolute atomic E-state index is 13.8. The number of carbonyl (C=O) groups is 4. The predicted octanol–water partition coefficient (Wildman–Crippen LogP) is 6.53. The second kappa shape index (κ2) is 15.7. The van der Waals surface area contributed by atoms with Gasteiger partial charge in [0, 0.05) is 18.5 Å². The summed E-state index contributed by atoms with van der Waals surface area (Å²) in [6, 6.07) is 14.9. The number of nitrogens with one attached hydrogen (secondary N) is 2. The number of aldehydes is 1. The molecule has 7 nitrogen and oxygen atoms in total. The molecule has 2 rings (SSSR count). The number of esters is 1. The van der Waals surface area contributed by atoms with E-state index in [2.05, 4.69) is 17.6 Å². The third-order valence-corrected chi connectivity index (χ3v) is 7.36. The molecule has 0 aliphatic rings. The van der Waals surface area contributed by atoms with E-state index in [0.717, 1.165) is 35.8 Å². The zero-order valence-electron chi connectivity index (χ0n) is 26.7. The monoisotopic (exact) mass is 578 g/mol. The summed E-state index contributed by atoms with van der Waals surface area (Å²) in [5.41, 5.74) is 2.64. The standard InChI is InChI=1S/C35H50N2O5/c1-9-10-11-29(33(41)42-35(5,6)7)22-28(31(39)37-30(32(40)36-8)34(2,3)4)21-14-24-12-17-26(18-13-24)27-19-15-25(23-38)16-20-27/h12-13,15-20,23,28-30H,9-11,14,21-22H2,1-8H3,(H,36,40)(H,37,39)/t28-,29+,30-/m1/s1. The molecule has 0 aromatic heterocycles. The SMILES string of the molecule is CCCC[C@@H](C[C@@H](CCc1ccc(-c2ccc(C=O)cc2)cc1)C(=O)N[C@H](C(=O)NC)C(C)(C)C)C(=O)OC(C)(C)C. The van der Waals surface area contributed by atoms with Crippen LogP contribution in [-0.2, 0) is 25.5 Å². The molecule has 0 unspecified atom stereocenters. The molecule has 0 spiro atoms. The lowest BCUT2D eigenvalue weighted by molar-refractivity contribution is -0.161. The van der Waals surface area contributed by atoms with Gasteiger partial charge in [-0.1, -0.05) is 89.1 Å². The fraction of sp³-hybridized carbons (Fsp3) is 0.543. The van der Waals surface area contributed by atoms with Gasteiger partial charge in [-0.25, -0.2) is 0 Å². The fourth-order valence-corrected chi connectivity index (χ4v) is 4.91. The Kier molecular flexibility index (Phi) is 12.9. The van der Waals surface area contributed by atoms with Crippen molar-refractivity contribution < 1.29 is 23.9 Å². The summed E-state index contributed by atoms with van der Waals surface area (Å²) in [6.07, 6.45) is 4.77. The van der Waals surface area contributed by atoms with E-state index in [1.54, 1.807) is 19.2 Å². The molecule has 0 saturated heterocycles. The van der Waals surface area contributed by atoms with Gasteiger partial charge < -0.3 is 15.4 Å². The molecule has 2 aromatic rings. The predicted molar refractivity (Wildman–Crippen MR) is 168 cm³/mol. The Morgan fingerprint density at radius 1 is 0.833 bits per heavy atom. The highest BCUT2D eigenvalue weighted by molar-refractivity contribution is 5.89. The summed E-state index contributed by atoms with van der Waals surface area (Å²) in [7, 11) is 1.56. The highest BCUT2D eigenvalue weighted by atomic mass is 16.6. The van der Waals surface area contributed by atoms with Gasteiger partial charge in [-0.15, -0.1) is 0 Å². The van der Waals surface area contributed by atoms with Crippen LogP contribution in [0.2, 0.25) is 0 Å². The molecule has 2 aromatic carbocycles. The van der Waals surface area contributed by atoms with Gasteiger partial charge in [0.15, 0.2) is 0 Å². The van der Waals surface area contributed by atoms with Gasteiger partial charge in [0.25, 0.3) is 0 Å². The molecular weight excluding hydrogens is 528 g/mol. The van der Waals surface area contributed by atoms with Crippen molar-refractivity contribution >= 4 is 24.1 Å². The van der Waals surface area contributed by atoms with Crippen LogP contribution in [-0.4, -0.2) is 42.8 Å². The van der Waals surface area contributed by atoms with E-state index in [4.69, 9.17) is 4.74 Å². The van der Waals surface area contributed by atoms with Crippen LogP contribution < -0.4 is 10.6 Å². The third kappa shape index (κ3) is 11.1. The van der Waals surface area contributed by atoms with Crippen LogP contribution in [0.15, 0.2) is 48.5 Å². The number of hydrogen-bond acceptors (Lipinski definition) is 5. The topological polar surface area (TPSA) is 102 Å². The second-order valence-corrected chi connectivity index (χ2v) is 13.2. The molecule has 0 saturated carbocycles. The molecule has 0 heterocycles. The average Bonchev–Trinajstić information content (AvgIpc) is 2.93. The summed E-state index contributed by atoms with van der Waals surface area (Å²) in [6.45, 7) is 13.4. The largest absolute Gasteiger partial charge is 0.460 e. The molecule has 2 amide bonds. The summed E-state index contributed by atoms with van der Waals surface area (Å²) in [5, 5.41) is 5.67. The van der Waals surface area contributed by atoms with Crippen LogP contribution in [0, 0.1) is 17.3 Å². The van der Waals surface area contributed by atoms with E-state index < -0.39 is 28.9 Å². The van der Waals surface area contributed by atoms with E-state index in [-0.39, 0.29) is 17.8 Å². The first-order valence-electron chi connectivity index (χ1n) is 15.1. The highest BCUT2D eigenvalue weighted by Gasteiger charge is 2.36. The smallest absolute Gasteiger partial charge is 0.309 e. The summed E-state index contributed by atoms with van der Waals surface area (Å²) >= 11 is 0. The number of aryl methyl sites for hydroxylation is 1. The lowest BCUT2D eigenvalue weighted by Crippen LogP contribution is -2.54. The maximum atomic E-state index is 13.8. The molecule has 0 fully saturated rings. The zero-order chi connectivity index (χ0) is 31.5. The quantitative estimate of drug-likeness (QED) is 0.196. The van der Waals surface area contributed by atoms with Crippen molar-refractivity contribution in [2.45, 2.75) is 98.6 Å².